The Bertz CT molecular complexity index is 1530. The van der Waals surface area contributed by atoms with E-state index in [1.165, 1.54) is 0 Å². The molecule has 0 aliphatic rings. The van der Waals surface area contributed by atoms with Crippen molar-refractivity contribution in [3.63, 3.8) is 0 Å². The predicted octanol–water partition coefficient (Wildman–Crippen LogP) is 3.28. The highest BCUT2D eigenvalue weighted by atomic mass is 16.5. The lowest BCUT2D eigenvalue weighted by Crippen LogP contribution is -2.10. The molecule has 10 nitrogen and oxygen atoms in total. The van der Waals surface area contributed by atoms with Gasteiger partial charge in [0.05, 0.1) is 25.3 Å². The minimum absolute atomic E-state index is 0.178. The first-order chi connectivity index (χ1) is 17.5. The van der Waals surface area contributed by atoms with Crippen molar-refractivity contribution in [2.24, 2.45) is 0 Å². The number of ether oxygens (including phenoxy) is 2. The highest BCUT2D eigenvalue weighted by Gasteiger charge is 2.15. The zero-order valence-electron chi connectivity index (χ0n) is 20.3. The van der Waals surface area contributed by atoms with E-state index in [2.05, 4.69) is 25.0 Å². The summed E-state index contributed by atoms with van der Waals surface area (Å²) in [5, 5.41) is 4.41. The van der Waals surface area contributed by atoms with E-state index in [1.54, 1.807) is 25.1 Å². The molecular weight excluding hydrogens is 456 g/mol. The Hall–Kier alpha value is -4.60. The molecule has 0 radical (unpaired) electrons. The van der Waals surface area contributed by atoms with Crippen molar-refractivity contribution in [3.05, 3.63) is 83.3 Å². The highest BCUT2D eigenvalue weighted by molar-refractivity contribution is 5.73. The van der Waals surface area contributed by atoms with Crippen molar-refractivity contribution in [1.82, 2.24) is 34.7 Å². The summed E-state index contributed by atoms with van der Waals surface area (Å²) in [5.74, 6) is 3.41. The fourth-order valence-electron chi connectivity index (χ4n) is 4.08. The van der Waals surface area contributed by atoms with Crippen molar-refractivity contribution in [2.75, 3.05) is 20.0 Å². The predicted molar refractivity (Wildman–Crippen MR) is 135 cm³/mol. The number of methoxy groups -OCH3 is 2. The fraction of sp³-hybridized carbons (Fsp3) is 0.231. The Labute approximate surface area is 208 Å². The van der Waals surface area contributed by atoms with Gasteiger partial charge in [0, 0.05) is 30.1 Å². The van der Waals surface area contributed by atoms with Crippen LogP contribution in [0, 0.1) is 6.92 Å². The topological polar surface area (TPSA) is 127 Å². The lowest BCUT2D eigenvalue weighted by molar-refractivity contribution is 0.354. The molecule has 1 aromatic carbocycles. The van der Waals surface area contributed by atoms with Gasteiger partial charge in [0.1, 0.15) is 11.6 Å². The van der Waals surface area contributed by atoms with Gasteiger partial charge in [0.15, 0.2) is 17.3 Å². The molecule has 5 aromatic rings. The number of hydrogen-bond acceptors (Lipinski definition) is 9. The largest absolute Gasteiger partial charge is 0.493 e. The summed E-state index contributed by atoms with van der Waals surface area (Å²) in [4.78, 5) is 22.7. The maximum Gasteiger partial charge on any atom is 0.240 e. The van der Waals surface area contributed by atoms with Gasteiger partial charge in [0.2, 0.25) is 5.95 Å². The smallest absolute Gasteiger partial charge is 0.240 e. The first-order valence-electron chi connectivity index (χ1n) is 11.5. The first-order valence-corrected chi connectivity index (χ1v) is 11.5. The number of nitrogen functional groups attached to an aromatic ring is 1. The molecule has 5 rings (SSSR count). The summed E-state index contributed by atoms with van der Waals surface area (Å²) in [6, 6.07) is 15.5. The van der Waals surface area contributed by atoms with Gasteiger partial charge in [-0.3, -0.25) is 9.97 Å². The quantitative estimate of drug-likeness (QED) is 0.354. The number of aromatic nitrogens is 7. The minimum atomic E-state index is 0.178. The maximum atomic E-state index is 5.98. The molecule has 0 aliphatic heterocycles. The molecule has 2 N–H and O–H groups in total. The normalized spacial score (nSPS) is 11.1. The van der Waals surface area contributed by atoms with Crippen molar-refractivity contribution in [2.45, 2.75) is 26.2 Å². The second-order valence-corrected chi connectivity index (χ2v) is 8.27. The average molecular weight is 483 g/mol. The lowest BCUT2D eigenvalue weighted by atomic mass is 10.1. The third-order valence-electron chi connectivity index (χ3n) is 5.75. The van der Waals surface area contributed by atoms with E-state index in [0.29, 0.717) is 41.8 Å². The summed E-state index contributed by atoms with van der Waals surface area (Å²) < 4.78 is 12.4. The number of hydrogen-bond donors (Lipinski definition) is 1. The molecule has 0 aliphatic carbocycles. The minimum Gasteiger partial charge on any atom is -0.493 e. The summed E-state index contributed by atoms with van der Waals surface area (Å²) in [6.07, 6.45) is 3.69. The number of aryl methyl sites for hydroxylation is 3. The zero-order chi connectivity index (χ0) is 25.1. The number of fused-ring (bicyclic) bond motifs is 1. The molecule has 0 spiro atoms. The summed E-state index contributed by atoms with van der Waals surface area (Å²) in [6.45, 7) is 1.86. The average Bonchev–Trinajstić information content (AvgIpc) is 3.26. The molecule has 0 unspecified atom stereocenters. The van der Waals surface area contributed by atoms with Gasteiger partial charge in [-0.05, 0) is 61.7 Å². The molecule has 0 bridgehead atoms. The van der Waals surface area contributed by atoms with Crippen LogP contribution in [0.4, 0.5) is 5.95 Å². The van der Waals surface area contributed by atoms with E-state index in [0.717, 1.165) is 34.4 Å². The Morgan fingerprint density at radius 1 is 0.833 bits per heavy atom. The maximum absolute atomic E-state index is 5.98. The van der Waals surface area contributed by atoms with E-state index >= 15 is 0 Å². The van der Waals surface area contributed by atoms with Crippen LogP contribution in [-0.4, -0.2) is 48.9 Å². The van der Waals surface area contributed by atoms with Crippen LogP contribution in [0.3, 0.4) is 0 Å². The molecule has 4 heterocycles. The number of rotatable bonds is 8. The number of pyridine rings is 2. The van der Waals surface area contributed by atoms with Gasteiger partial charge in [-0.15, -0.1) is 5.10 Å². The molecule has 0 atom stereocenters. The fourth-order valence-corrected chi connectivity index (χ4v) is 4.08. The van der Waals surface area contributed by atoms with E-state index in [1.807, 2.05) is 55.5 Å². The van der Waals surface area contributed by atoms with Gasteiger partial charge in [-0.1, -0.05) is 6.07 Å². The second-order valence-electron chi connectivity index (χ2n) is 8.27. The Balaban J connectivity index is 1.40. The Kier molecular flexibility index (Phi) is 6.40. The van der Waals surface area contributed by atoms with Gasteiger partial charge in [0.25, 0.3) is 0 Å². The highest BCUT2D eigenvalue weighted by Crippen LogP contribution is 2.28. The molecule has 0 saturated heterocycles. The van der Waals surface area contributed by atoms with E-state index in [-0.39, 0.29) is 5.95 Å². The summed E-state index contributed by atoms with van der Waals surface area (Å²) in [5.41, 5.74) is 10.6. The van der Waals surface area contributed by atoms with Crippen LogP contribution in [-0.2, 0) is 19.3 Å². The second kappa shape index (κ2) is 9.95. The van der Waals surface area contributed by atoms with E-state index in [4.69, 9.17) is 20.2 Å². The van der Waals surface area contributed by atoms with E-state index in [9.17, 15) is 0 Å². The van der Waals surface area contributed by atoms with Crippen LogP contribution in [0.1, 0.15) is 28.6 Å². The molecule has 0 saturated carbocycles. The lowest BCUT2D eigenvalue weighted by Gasteiger charge is -2.11. The summed E-state index contributed by atoms with van der Waals surface area (Å²) >= 11 is 0. The monoisotopic (exact) mass is 482 g/mol. The Morgan fingerprint density at radius 2 is 1.67 bits per heavy atom. The van der Waals surface area contributed by atoms with Crippen LogP contribution in [0.15, 0.2) is 54.7 Å². The van der Waals surface area contributed by atoms with Gasteiger partial charge in [-0.25, -0.2) is 9.97 Å². The molecule has 36 heavy (non-hydrogen) atoms. The van der Waals surface area contributed by atoms with Crippen LogP contribution in [0.25, 0.3) is 16.9 Å². The van der Waals surface area contributed by atoms with Gasteiger partial charge in [-0.2, -0.15) is 9.67 Å². The number of nitrogens with two attached hydrogens (primary N) is 1. The van der Waals surface area contributed by atoms with Crippen molar-refractivity contribution in [3.8, 4) is 17.3 Å². The first kappa shape index (κ1) is 23.2. The molecule has 0 fully saturated rings. The molecule has 10 heteroatoms. The third kappa shape index (κ3) is 4.92. The number of nitrogens with zero attached hydrogens (tertiary/aromatic N) is 7. The standard InChI is InChI=1S/C26H26N8O2/c1-16-29-19(8-7-18-9-10-20-21(31-18)5-4-12-28-20)15-25(30-16)34-24(32-26(27)33-34)14-17-6-11-22(35-2)23(13-17)36-3/h4-6,9-13,15H,7-8,14H2,1-3H3,(H2,27,33). The number of anilines is 1. The van der Waals surface area contributed by atoms with Crippen molar-refractivity contribution in [1.29, 1.82) is 0 Å². The van der Waals surface area contributed by atoms with Crippen LogP contribution in [0.2, 0.25) is 0 Å². The molecule has 0 amide bonds. The SMILES string of the molecule is COc1ccc(Cc2nc(N)nn2-c2cc(CCc3ccc4ncccc4n3)nc(C)n2)cc1OC. The van der Waals surface area contributed by atoms with Crippen LogP contribution < -0.4 is 15.2 Å². The van der Waals surface area contributed by atoms with Gasteiger partial charge < -0.3 is 15.2 Å². The van der Waals surface area contributed by atoms with Gasteiger partial charge >= 0.3 is 0 Å². The summed E-state index contributed by atoms with van der Waals surface area (Å²) in [7, 11) is 3.22. The van der Waals surface area contributed by atoms with E-state index < -0.39 is 0 Å². The zero-order valence-corrected chi connectivity index (χ0v) is 20.3. The van der Waals surface area contributed by atoms with Crippen molar-refractivity contribution < 1.29 is 9.47 Å². The molecule has 182 valence electrons. The van der Waals surface area contributed by atoms with Crippen LogP contribution in [0.5, 0.6) is 11.5 Å². The third-order valence-corrected chi connectivity index (χ3v) is 5.75. The Morgan fingerprint density at radius 3 is 2.50 bits per heavy atom. The molecular formula is C26H26N8O2. The van der Waals surface area contributed by atoms with Crippen molar-refractivity contribution >= 4 is 17.0 Å². The van der Waals surface area contributed by atoms with Crippen LogP contribution >= 0.6 is 0 Å². The molecule has 4 aromatic heterocycles. The number of benzene rings is 1.